The molecule has 0 atom stereocenters. The molecule has 20 heavy (non-hydrogen) atoms. The third-order valence-corrected chi connectivity index (χ3v) is 2.74. The average molecular weight is 292 g/mol. The van der Waals surface area contributed by atoms with Crippen LogP contribution >= 0.6 is 11.6 Å². The molecule has 102 valence electrons. The van der Waals surface area contributed by atoms with Gasteiger partial charge in [0.15, 0.2) is 0 Å². The van der Waals surface area contributed by atoms with Gasteiger partial charge >= 0.3 is 0 Å². The van der Waals surface area contributed by atoms with Gasteiger partial charge in [-0.3, -0.25) is 4.79 Å². The van der Waals surface area contributed by atoms with E-state index in [1.54, 1.807) is 24.3 Å². The number of carbonyl (C=O) groups is 1. The fourth-order valence-corrected chi connectivity index (χ4v) is 1.67. The molecule has 3 N–H and O–H groups in total. The third-order valence-electron chi connectivity index (χ3n) is 2.51. The van der Waals surface area contributed by atoms with Crippen LogP contribution in [-0.2, 0) is 0 Å². The molecule has 2 rings (SSSR count). The van der Waals surface area contributed by atoms with E-state index in [-0.39, 0.29) is 11.4 Å². The molecule has 0 spiro atoms. The summed E-state index contributed by atoms with van der Waals surface area (Å²) in [5.41, 5.74) is 9.22. The van der Waals surface area contributed by atoms with Gasteiger partial charge in [-0.2, -0.15) is 5.10 Å². The summed E-state index contributed by atoms with van der Waals surface area (Å²) in [7, 11) is 0. The van der Waals surface area contributed by atoms with Crippen LogP contribution in [0.3, 0.4) is 0 Å². The van der Waals surface area contributed by atoms with Gasteiger partial charge in [0.25, 0.3) is 5.91 Å². The molecule has 0 aliphatic rings. The van der Waals surface area contributed by atoms with Crippen molar-refractivity contribution in [1.82, 2.24) is 5.43 Å². The number of benzene rings is 2. The Morgan fingerprint density at radius 1 is 1.25 bits per heavy atom. The van der Waals surface area contributed by atoms with E-state index in [2.05, 4.69) is 10.5 Å². The first-order chi connectivity index (χ1) is 9.56. The number of nitrogens with one attached hydrogen (secondary N) is 1. The molecule has 0 aliphatic carbocycles. The number of anilines is 1. The fraction of sp³-hybridized carbons (Fsp3) is 0. The Morgan fingerprint density at radius 3 is 2.65 bits per heavy atom. The molecule has 2 aromatic carbocycles. The third kappa shape index (κ3) is 3.55. The Kier molecular flexibility index (Phi) is 4.32. The molecule has 0 aliphatic heterocycles. The fourth-order valence-electron chi connectivity index (χ4n) is 1.50. The predicted molar refractivity (Wildman–Crippen MR) is 77.3 cm³/mol. The number of nitrogen functional groups attached to an aromatic ring is 1. The Morgan fingerprint density at radius 2 is 1.95 bits per heavy atom. The summed E-state index contributed by atoms with van der Waals surface area (Å²) in [5, 5.41) is 4.18. The standard InChI is InChI=1S/C14H11ClFN3O/c15-10-3-6-13(17)12(7-10)14(20)19-18-8-9-1-4-11(16)5-2-9/h1-8H,17H2,(H,19,20). The van der Waals surface area contributed by atoms with E-state index in [1.807, 2.05) is 0 Å². The lowest BCUT2D eigenvalue weighted by molar-refractivity contribution is 0.0956. The number of nitrogens with two attached hydrogens (primary N) is 1. The highest BCUT2D eigenvalue weighted by Gasteiger charge is 2.09. The number of nitrogens with zero attached hydrogens (tertiary/aromatic N) is 1. The number of amides is 1. The van der Waals surface area contributed by atoms with Gasteiger partial charge in [-0.15, -0.1) is 0 Å². The molecule has 0 saturated heterocycles. The summed E-state index contributed by atoms with van der Waals surface area (Å²) in [6, 6.07) is 10.3. The number of halogens is 2. The van der Waals surface area contributed by atoms with Crippen LogP contribution in [0.4, 0.5) is 10.1 Å². The van der Waals surface area contributed by atoms with Crippen LogP contribution in [0.2, 0.25) is 5.02 Å². The number of rotatable bonds is 3. The average Bonchev–Trinajstić information content (AvgIpc) is 2.43. The molecule has 4 nitrogen and oxygen atoms in total. The minimum Gasteiger partial charge on any atom is -0.398 e. The molecule has 0 aromatic heterocycles. The van der Waals surface area contributed by atoms with Gasteiger partial charge in [0.2, 0.25) is 0 Å². The Labute approximate surface area is 120 Å². The lowest BCUT2D eigenvalue weighted by Crippen LogP contribution is -2.19. The van der Waals surface area contributed by atoms with Crippen molar-refractivity contribution in [3.63, 3.8) is 0 Å². The molecule has 0 radical (unpaired) electrons. The Hall–Kier alpha value is -2.40. The molecule has 2 aromatic rings. The van der Waals surface area contributed by atoms with Crippen LogP contribution in [0.15, 0.2) is 47.6 Å². The van der Waals surface area contributed by atoms with Crippen LogP contribution in [0.1, 0.15) is 15.9 Å². The van der Waals surface area contributed by atoms with E-state index < -0.39 is 5.91 Å². The zero-order valence-corrected chi connectivity index (χ0v) is 11.1. The zero-order chi connectivity index (χ0) is 14.5. The summed E-state index contributed by atoms with van der Waals surface area (Å²) in [4.78, 5) is 11.8. The summed E-state index contributed by atoms with van der Waals surface area (Å²) in [6.45, 7) is 0. The van der Waals surface area contributed by atoms with Crippen LogP contribution < -0.4 is 11.2 Å². The first-order valence-electron chi connectivity index (χ1n) is 5.70. The number of hydrogen-bond acceptors (Lipinski definition) is 3. The predicted octanol–water partition coefficient (Wildman–Crippen LogP) is 2.83. The highest BCUT2D eigenvalue weighted by molar-refractivity contribution is 6.31. The Balaban J connectivity index is 2.05. The van der Waals surface area contributed by atoms with E-state index in [1.165, 1.54) is 24.4 Å². The highest BCUT2D eigenvalue weighted by atomic mass is 35.5. The molecule has 0 saturated carbocycles. The molecular weight excluding hydrogens is 281 g/mol. The number of hydrazone groups is 1. The lowest BCUT2D eigenvalue weighted by atomic mass is 10.2. The topological polar surface area (TPSA) is 67.5 Å². The monoisotopic (exact) mass is 291 g/mol. The zero-order valence-electron chi connectivity index (χ0n) is 10.3. The van der Waals surface area contributed by atoms with Crippen LogP contribution in [0.25, 0.3) is 0 Å². The van der Waals surface area contributed by atoms with Crippen LogP contribution in [0, 0.1) is 5.82 Å². The van der Waals surface area contributed by atoms with Gasteiger partial charge in [0.05, 0.1) is 11.8 Å². The summed E-state index contributed by atoms with van der Waals surface area (Å²) in [6.07, 6.45) is 1.40. The normalized spacial score (nSPS) is 10.7. The van der Waals surface area contributed by atoms with Crippen molar-refractivity contribution in [3.05, 3.63) is 64.4 Å². The van der Waals surface area contributed by atoms with Gasteiger partial charge < -0.3 is 5.73 Å². The first-order valence-corrected chi connectivity index (χ1v) is 6.08. The van der Waals surface area contributed by atoms with Gasteiger partial charge in [-0.05, 0) is 35.9 Å². The first kappa shape index (κ1) is 14.0. The number of carbonyl (C=O) groups excluding carboxylic acids is 1. The number of hydrogen-bond donors (Lipinski definition) is 2. The molecule has 1 amide bonds. The van der Waals surface area contributed by atoms with E-state index in [0.717, 1.165) is 0 Å². The molecule has 0 unspecified atom stereocenters. The highest BCUT2D eigenvalue weighted by Crippen LogP contribution is 2.17. The van der Waals surface area contributed by atoms with Gasteiger partial charge in [-0.25, -0.2) is 9.82 Å². The summed E-state index contributed by atoms with van der Waals surface area (Å²) in [5.74, 6) is -0.804. The second-order valence-corrected chi connectivity index (χ2v) is 4.42. The quantitative estimate of drug-likeness (QED) is 0.519. The summed E-state index contributed by atoms with van der Waals surface area (Å²) < 4.78 is 12.7. The molecule has 6 heteroatoms. The lowest BCUT2D eigenvalue weighted by Gasteiger charge is -2.04. The van der Waals surface area contributed by atoms with Crippen molar-refractivity contribution in [1.29, 1.82) is 0 Å². The van der Waals surface area contributed by atoms with Crippen molar-refractivity contribution >= 4 is 29.4 Å². The second-order valence-electron chi connectivity index (χ2n) is 3.98. The molecule has 0 heterocycles. The summed E-state index contributed by atoms with van der Waals surface area (Å²) >= 11 is 5.80. The van der Waals surface area contributed by atoms with Gasteiger partial charge in [0.1, 0.15) is 5.82 Å². The maximum atomic E-state index is 12.7. The van der Waals surface area contributed by atoms with E-state index in [9.17, 15) is 9.18 Å². The van der Waals surface area contributed by atoms with E-state index in [4.69, 9.17) is 17.3 Å². The van der Waals surface area contributed by atoms with Crippen molar-refractivity contribution in [2.75, 3.05) is 5.73 Å². The smallest absolute Gasteiger partial charge is 0.273 e. The minimum absolute atomic E-state index is 0.244. The molecule has 0 fully saturated rings. The van der Waals surface area contributed by atoms with Crippen LogP contribution in [-0.4, -0.2) is 12.1 Å². The van der Waals surface area contributed by atoms with E-state index >= 15 is 0 Å². The second kappa shape index (κ2) is 6.16. The maximum absolute atomic E-state index is 12.7. The van der Waals surface area contributed by atoms with Crippen molar-refractivity contribution in [2.45, 2.75) is 0 Å². The van der Waals surface area contributed by atoms with Crippen LogP contribution in [0.5, 0.6) is 0 Å². The largest absolute Gasteiger partial charge is 0.398 e. The minimum atomic E-state index is -0.469. The molecule has 0 bridgehead atoms. The maximum Gasteiger partial charge on any atom is 0.273 e. The van der Waals surface area contributed by atoms with Crippen molar-refractivity contribution < 1.29 is 9.18 Å². The van der Waals surface area contributed by atoms with Crippen molar-refractivity contribution in [3.8, 4) is 0 Å². The van der Waals surface area contributed by atoms with Gasteiger partial charge in [0, 0.05) is 10.7 Å². The Bertz CT molecular complexity index is 656. The van der Waals surface area contributed by atoms with Crippen molar-refractivity contribution in [2.24, 2.45) is 5.10 Å². The molecular formula is C14H11ClFN3O. The SMILES string of the molecule is Nc1ccc(Cl)cc1C(=O)NN=Cc1ccc(F)cc1. The van der Waals surface area contributed by atoms with Gasteiger partial charge in [-0.1, -0.05) is 23.7 Å². The van der Waals surface area contributed by atoms with E-state index in [0.29, 0.717) is 16.3 Å².